The van der Waals surface area contributed by atoms with Gasteiger partial charge in [-0.3, -0.25) is 0 Å². The summed E-state index contributed by atoms with van der Waals surface area (Å²) in [5, 5.41) is 9.49. The van der Waals surface area contributed by atoms with E-state index in [2.05, 4.69) is 31.8 Å². The van der Waals surface area contributed by atoms with Gasteiger partial charge in [0.15, 0.2) is 0 Å². The average Bonchev–Trinajstić information content (AvgIpc) is 3.43. The zero-order valence-electron chi connectivity index (χ0n) is 26.7. The number of imidazole rings is 1. The number of halogens is 3. The highest BCUT2D eigenvalue weighted by Gasteiger charge is 2.24. The molecule has 1 atom stereocenters. The lowest BCUT2D eigenvalue weighted by Crippen LogP contribution is -2.31. The van der Waals surface area contributed by atoms with Crippen LogP contribution in [0.15, 0.2) is 79.1 Å². The van der Waals surface area contributed by atoms with E-state index in [9.17, 15) is 14.3 Å². The molecule has 3 aromatic carbocycles. The van der Waals surface area contributed by atoms with Gasteiger partial charge in [0.2, 0.25) is 5.88 Å². The molecular formula is C38H28F3N5O4. The number of aromatic carboxylic acids is 1. The van der Waals surface area contributed by atoms with Crippen molar-refractivity contribution < 1.29 is 32.5 Å². The summed E-state index contributed by atoms with van der Waals surface area (Å²) >= 11 is 0. The number of nitrogens with zero attached hydrogens (tertiary/aromatic N) is 5. The van der Waals surface area contributed by atoms with Crippen molar-refractivity contribution in [2.24, 2.45) is 0 Å². The van der Waals surface area contributed by atoms with Crippen LogP contribution in [0.4, 0.5) is 13.2 Å². The highest BCUT2D eigenvalue weighted by Crippen LogP contribution is 2.29. The van der Waals surface area contributed by atoms with Gasteiger partial charge < -0.3 is 19.1 Å². The van der Waals surface area contributed by atoms with Crippen LogP contribution < -0.4 is 4.74 Å². The number of carboxylic acid groups (broad SMARTS) is 1. The van der Waals surface area contributed by atoms with Crippen molar-refractivity contribution in [2.75, 3.05) is 6.61 Å². The van der Waals surface area contributed by atoms with E-state index in [0.29, 0.717) is 47.0 Å². The van der Waals surface area contributed by atoms with Crippen molar-refractivity contribution in [3.05, 3.63) is 136 Å². The molecule has 6 aromatic rings. The third-order valence-electron chi connectivity index (χ3n) is 8.30. The summed E-state index contributed by atoms with van der Waals surface area (Å²) in [5.74, 6) is 3.98. The highest BCUT2D eigenvalue weighted by molar-refractivity contribution is 5.92. The number of hydrogen-bond donors (Lipinski definition) is 1. The van der Waals surface area contributed by atoms with Crippen LogP contribution in [0, 0.1) is 36.2 Å². The maximum atomic E-state index is 15.6. The van der Waals surface area contributed by atoms with E-state index in [1.807, 2.05) is 4.57 Å². The molecular weight excluding hydrogens is 647 g/mol. The van der Waals surface area contributed by atoms with E-state index in [1.54, 1.807) is 49.6 Å². The number of rotatable bonds is 9. The van der Waals surface area contributed by atoms with Gasteiger partial charge in [0.1, 0.15) is 35.7 Å². The molecule has 9 nitrogen and oxygen atoms in total. The minimum Gasteiger partial charge on any atom is -0.478 e. The molecule has 0 aliphatic carbocycles. The molecule has 0 radical (unpaired) electrons. The van der Waals surface area contributed by atoms with Crippen molar-refractivity contribution in [2.45, 2.75) is 39.0 Å². The Balaban J connectivity index is 1.08. The van der Waals surface area contributed by atoms with Crippen LogP contribution >= 0.6 is 0 Å². The van der Waals surface area contributed by atoms with E-state index in [1.165, 1.54) is 24.3 Å². The Morgan fingerprint density at radius 3 is 2.46 bits per heavy atom. The second-order valence-electron chi connectivity index (χ2n) is 11.8. The Bertz CT molecular complexity index is 2310. The van der Waals surface area contributed by atoms with E-state index < -0.39 is 23.4 Å². The van der Waals surface area contributed by atoms with Crippen LogP contribution in [0.25, 0.3) is 22.3 Å². The van der Waals surface area contributed by atoms with Crippen molar-refractivity contribution in [1.29, 1.82) is 0 Å². The molecule has 0 saturated carbocycles. The first-order chi connectivity index (χ1) is 24.2. The van der Waals surface area contributed by atoms with Crippen LogP contribution in [0.1, 0.15) is 50.7 Å². The summed E-state index contributed by atoms with van der Waals surface area (Å²) < 4.78 is 59.1. The summed E-state index contributed by atoms with van der Waals surface area (Å²) in [6.07, 6.45) is 3.89. The summed E-state index contributed by atoms with van der Waals surface area (Å²) in [5.41, 5.74) is 2.67. The predicted octanol–water partition coefficient (Wildman–Crippen LogP) is 6.67. The fourth-order valence-corrected chi connectivity index (χ4v) is 5.51. The topological polar surface area (TPSA) is 112 Å². The predicted molar refractivity (Wildman–Crippen MR) is 177 cm³/mol. The molecule has 1 fully saturated rings. The third kappa shape index (κ3) is 7.04. The lowest BCUT2D eigenvalue weighted by atomic mass is 10.0. The molecule has 0 bridgehead atoms. The molecule has 1 N–H and O–H groups in total. The summed E-state index contributed by atoms with van der Waals surface area (Å²) in [4.78, 5) is 28.7. The van der Waals surface area contributed by atoms with Crippen molar-refractivity contribution >= 4 is 17.0 Å². The van der Waals surface area contributed by atoms with Crippen LogP contribution in [-0.2, 0) is 24.3 Å². The summed E-state index contributed by atoms with van der Waals surface area (Å²) in [6, 6.07) is 15.9. The molecule has 3 aromatic heterocycles. The fraction of sp³-hybridized carbons (Fsp3) is 0.184. The third-order valence-corrected chi connectivity index (χ3v) is 8.30. The van der Waals surface area contributed by atoms with Gasteiger partial charge in [0, 0.05) is 48.2 Å². The normalized spacial score (nSPS) is 13.8. The van der Waals surface area contributed by atoms with E-state index >= 15 is 8.78 Å². The molecule has 1 saturated heterocycles. The molecule has 0 amide bonds. The molecule has 250 valence electrons. The van der Waals surface area contributed by atoms with Gasteiger partial charge in [-0.2, -0.15) is 0 Å². The fourth-order valence-electron chi connectivity index (χ4n) is 5.51. The Labute approximate surface area is 284 Å². The van der Waals surface area contributed by atoms with Gasteiger partial charge in [0.05, 0.1) is 40.5 Å². The second kappa shape index (κ2) is 13.8. The van der Waals surface area contributed by atoms with Crippen LogP contribution in [0.3, 0.4) is 0 Å². The summed E-state index contributed by atoms with van der Waals surface area (Å²) in [7, 11) is 0. The molecule has 50 heavy (non-hydrogen) atoms. The Morgan fingerprint density at radius 2 is 1.72 bits per heavy atom. The van der Waals surface area contributed by atoms with Crippen LogP contribution in [-0.4, -0.2) is 48.3 Å². The molecule has 12 heteroatoms. The van der Waals surface area contributed by atoms with Crippen LogP contribution in [0.2, 0.25) is 0 Å². The Kier molecular flexibility index (Phi) is 8.98. The van der Waals surface area contributed by atoms with Gasteiger partial charge in [0.25, 0.3) is 0 Å². The molecule has 1 unspecified atom stereocenters. The standard InChI is InChI=1S/C38H28F3N5O4/c1-22-42-18-24(19-43-22)6-5-23-7-8-26(30(39)13-23)21-50-37-4-2-3-33(45-37)29-17-31(40)27(14-32(29)41)16-36-44-34-10-9-25(38(47)48)15-35(34)46(36)20-28-11-12-49-28/h2-4,7-10,13-15,17-19,28H,11-12,16,20-21H2,1H3,(H,47,48). The molecule has 1 aliphatic rings. The van der Waals surface area contributed by atoms with Gasteiger partial charge in [-0.25, -0.2) is 37.9 Å². The Morgan fingerprint density at radius 1 is 0.940 bits per heavy atom. The average molecular weight is 676 g/mol. The van der Waals surface area contributed by atoms with Gasteiger partial charge in [-0.05, 0) is 67.4 Å². The zero-order chi connectivity index (χ0) is 34.8. The number of carboxylic acids is 1. The highest BCUT2D eigenvalue weighted by atomic mass is 19.1. The lowest BCUT2D eigenvalue weighted by Gasteiger charge is -2.27. The molecule has 4 heterocycles. The van der Waals surface area contributed by atoms with Gasteiger partial charge in [-0.15, -0.1) is 0 Å². The van der Waals surface area contributed by atoms with Crippen molar-refractivity contribution in [1.82, 2.24) is 24.5 Å². The minimum atomic E-state index is -1.08. The monoisotopic (exact) mass is 675 g/mol. The number of fused-ring (bicyclic) bond motifs is 1. The molecule has 7 rings (SSSR count). The SMILES string of the molecule is Cc1ncc(C#Cc2ccc(COc3cccc(-c4cc(F)c(Cc5nc6ccc(C(=O)O)cc6n5CC5CCO5)cc4F)n3)c(F)c2)cn1. The lowest BCUT2D eigenvalue weighted by molar-refractivity contribution is -0.0589. The number of benzene rings is 3. The molecule has 0 spiro atoms. The Hall–Kier alpha value is -6.06. The molecule has 1 aliphatic heterocycles. The smallest absolute Gasteiger partial charge is 0.335 e. The first-order valence-corrected chi connectivity index (χ1v) is 15.7. The van der Waals surface area contributed by atoms with Gasteiger partial charge in [-0.1, -0.05) is 24.0 Å². The number of hydrogen-bond acceptors (Lipinski definition) is 7. The van der Waals surface area contributed by atoms with E-state index in [0.717, 1.165) is 18.6 Å². The van der Waals surface area contributed by atoms with Crippen LogP contribution in [0.5, 0.6) is 5.88 Å². The van der Waals surface area contributed by atoms with E-state index in [-0.39, 0.29) is 53.0 Å². The maximum absolute atomic E-state index is 15.6. The van der Waals surface area contributed by atoms with Crippen molar-refractivity contribution in [3.8, 4) is 29.0 Å². The number of aryl methyl sites for hydroxylation is 1. The first-order valence-electron chi connectivity index (χ1n) is 15.7. The van der Waals surface area contributed by atoms with Crippen molar-refractivity contribution in [3.63, 3.8) is 0 Å². The quantitative estimate of drug-likeness (QED) is 0.169. The number of carbonyl (C=O) groups is 1. The van der Waals surface area contributed by atoms with E-state index in [4.69, 9.17) is 9.47 Å². The van der Waals surface area contributed by atoms with Gasteiger partial charge >= 0.3 is 5.97 Å². The first kappa shape index (κ1) is 32.5. The minimum absolute atomic E-state index is 0.0419. The summed E-state index contributed by atoms with van der Waals surface area (Å²) in [6.45, 7) is 2.64. The largest absolute Gasteiger partial charge is 0.478 e. The maximum Gasteiger partial charge on any atom is 0.335 e. The number of pyridine rings is 1. The number of aromatic nitrogens is 5. The second-order valence-corrected chi connectivity index (χ2v) is 11.8. The zero-order valence-corrected chi connectivity index (χ0v) is 26.7. The number of ether oxygens (including phenoxy) is 2.